The van der Waals surface area contributed by atoms with Crippen LogP contribution in [0.2, 0.25) is 0 Å². The summed E-state index contributed by atoms with van der Waals surface area (Å²) < 4.78 is 15.9. The Kier molecular flexibility index (Phi) is 12.7. The molecule has 0 saturated heterocycles. The maximum atomic E-state index is 11.2. The first-order chi connectivity index (χ1) is 21.1. The summed E-state index contributed by atoms with van der Waals surface area (Å²) in [6.07, 6.45) is 0.337. The van der Waals surface area contributed by atoms with Crippen LogP contribution in [0.5, 0.6) is 34.5 Å². The van der Waals surface area contributed by atoms with Gasteiger partial charge in [-0.3, -0.25) is 9.59 Å². The number of rotatable bonds is 11. The lowest BCUT2D eigenvalue weighted by Gasteiger charge is -2.17. The SMILES string of the molecule is N[C@@H](Cc1cc(I)c(Oc2ccc(O)c(-c3cc(Oc4c(I)cc(C[C@H](N)C(=O)O)cc4I)cc(I)c3O)c2)c(I)c1)C(=O)O. The number of hydrogen-bond acceptors (Lipinski definition) is 8. The van der Waals surface area contributed by atoms with Gasteiger partial charge in [-0.2, -0.15) is 0 Å². The molecule has 0 unspecified atom stereocenters. The number of carboxylic acids is 2. The highest BCUT2D eigenvalue weighted by molar-refractivity contribution is 14.1. The molecule has 0 aromatic heterocycles. The van der Waals surface area contributed by atoms with Crippen molar-refractivity contribution in [3.8, 4) is 45.6 Å². The molecule has 0 fully saturated rings. The molecule has 236 valence electrons. The molecule has 0 radical (unpaired) electrons. The summed E-state index contributed by atoms with van der Waals surface area (Å²) in [6.45, 7) is 0. The Morgan fingerprint density at radius 1 is 0.622 bits per heavy atom. The van der Waals surface area contributed by atoms with Gasteiger partial charge in [0.2, 0.25) is 0 Å². The van der Waals surface area contributed by atoms with Gasteiger partial charge in [-0.25, -0.2) is 0 Å². The summed E-state index contributed by atoms with van der Waals surface area (Å²) in [7, 11) is 0. The van der Waals surface area contributed by atoms with Gasteiger partial charge < -0.3 is 41.4 Å². The lowest BCUT2D eigenvalue weighted by Crippen LogP contribution is -2.32. The second-order valence-electron chi connectivity index (χ2n) is 9.76. The highest BCUT2D eigenvalue weighted by Gasteiger charge is 2.20. The minimum Gasteiger partial charge on any atom is -0.507 e. The molecule has 4 aromatic carbocycles. The first kappa shape index (κ1) is 36.4. The standard InChI is InChI=1S/C30H23I5N2O8/c31-18-11-15(45-28-21(34)5-13(6-22(28)35)8-24(37)30(42)43)10-17(26(18)39)16-9-14(1-2-25(16)38)44-27-19(32)3-12(4-20(27)33)7-23(36)29(40)41/h1-6,9-11,23-24,38-39H,7-8,36-37H2,(H,40,41)(H,42,43)/t23-,24-/m0/s1. The second kappa shape index (κ2) is 15.7. The van der Waals surface area contributed by atoms with Crippen LogP contribution in [-0.2, 0) is 22.4 Å². The lowest BCUT2D eigenvalue weighted by atomic mass is 10.0. The van der Waals surface area contributed by atoms with Gasteiger partial charge in [-0.15, -0.1) is 0 Å². The van der Waals surface area contributed by atoms with Gasteiger partial charge >= 0.3 is 11.9 Å². The van der Waals surface area contributed by atoms with Gasteiger partial charge in [0, 0.05) is 11.1 Å². The lowest BCUT2D eigenvalue weighted by molar-refractivity contribution is -0.139. The summed E-state index contributed by atoms with van der Waals surface area (Å²) in [5, 5.41) is 40.2. The van der Waals surface area contributed by atoms with E-state index in [4.69, 9.17) is 31.2 Å². The summed E-state index contributed by atoms with van der Waals surface area (Å²) in [4.78, 5) is 22.4. The number of aliphatic carboxylic acids is 2. The molecule has 0 aliphatic rings. The van der Waals surface area contributed by atoms with Gasteiger partial charge in [0.25, 0.3) is 0 Å². The van der Waals surface area contributed by atoms with Crippen LogP contribution in [0.15, 0.2) is 54.6 Å². The van der Waals surface area contributed by atoms with Crippen LogP contribution in [0, 0.1) is 17.9 Å². The van der Waals surface area contributed by atoms with E-state index in [9.17, 15) is 19.8 Å². The molecule has 8 N–H and O–H groups in total. The van der Waals surface area contributed by atoms with Gasteiger partial charge in [0.15, 0.2) is 11.5 Å². The first-order valence-electron chi connectivity index (χ1n) is 12.8. The highest BCUT2D eigenvalue weighted by atomic mass is 127. The van der Waals surface area contributed by atoms with E-state index in [1.165, 1.54) is 6.07 Å². The molecule has 0 saturated carbocycles. The predicted octanol–water partition coefficient (Wildman–Crippen LogP) is 7.28. The van der Waals surface area contributed by atoms with E-state index in [0.29, 0.717) is 37.7 Å². The third kappa shape index (κ3) is 9.15. The van der Waals surface area contributed by atoms with Crippen molar-refractivity contribution in [2.45, 2.75) is 24.9 Å². The fourth-order valence-electron chi connectivity index (χ4n) is 4.21. The Bertz CT molecular complexity index is 1760. The number of carboxylic acid groups (broad SMARTS) is 2. The van der Waals surface area contributed by atoms with Crippen molar-refractivity contribution in [1.82, 2.24) is 0 Å². The van der Waals surface area contributed by atoms with Gasteiger partial charge in [-0.1, -0.05) is 0 Å². The molecule has 15 heteroatoms. The molecular weight excluding hydrogens is 1150 g/mol. The highest BCUT2D eigenvalue weighted by Crippen LogP contribution is 2.44. The molecule has 0 spiro atoms. The minimum atomic E-state index is -1.08. The molecule has 0 aliphatic carbocycles. The Morgan fingerprint density at radius 2 is 1.04 bits per heavy atom. The topological polar surface area (TPSA) is 186 Å². The van der Waals surface area contributed by atoms with Crippen molar-refractivity contribution in [3.05, 3.63) is 83.6 Å². The number of carbonyl (C=O) groups is 2. The number of benzene rings is 4. The third-order valence-corrected chi connectivity index (χ3v) is 10.4. The molecule has 0 aliphatic heterocycles. The summed E-state index contributed by atoms with van der Waals surface area (Å²) in [5.41, 5.74) is 13.6. The average Bonchev–Trinajstić information content (AvgIpc) is 2.95. The number of phenols is 2. The van der Waals surface area contributed by atoms with Crippen molar-refractivity contribution in [3.63, 3.8) is 0 Å². The zero-order chi connectivity index (χ0) is 33.2. The summed E-state index contributed by atoms with van der Waals surface area (Å²) in [5.74, 6) is -0.397. The molecule has 0 heterocycles. The normalized spacial score (nSPS) is 12.4. The van der Waals surface area contributed by atoms with Crippen LogP contribution in [0.4, 0.5) is 0 Å². The molecule has 0 bridgehead atoms. The Labute approximate surface area is 326 Å². The smallest absolute Gasteiger partial charge is 0.320 e. The zero-order valence-electron chi connectivity index (χ0n) is 22.7. The number of aromatic hydroxyl groups is 2. The van der Waals surface area contributed by atoms with Crippen LogP contribution < -0.4 is 20.9 Å². The van der Waals surface area contributed by atoms with Crippen LogP contribution in [0.25, 0.3) is 11.1 Å². The van der Waals surface area contributed by atoms with Crippen molar-refractivity contribution >= 4 is 125 Å². The Balaban J connectivity index is 1.65. The molecule has 0 amide bonds. The average molecular weight is 1170 g/mol. The molecule has 4 rings (SSSR count). The van der Waals surface area contributed by atoms with Crippen molar-refractivity contribution in [1.29, 1.82) is 0 Å². The Hall–Kier alpha value is -1.41. The number of nitrogens with two attached hydrogens (primary N) is 2. The maximum absolute atomic E-state index is 11.2. The van der Waals surface area contributed by atoms with Crippen LogP contribution in [0.1, 0.15) is 11.1 Å². The van der Waals surface area contributed by atoms with E-state index in [1.807, 2.05) is 46.9 Å². The van der Waals surface area contributed by atoms with Crippen molar-refractivity contribution in [2.24, 2.45) is 11.5 Å². The van der Waals surface area contributed by atoms with E-state index in [2.05, 4.69) is 90.4 Å². The van der Waals surface area contributed by atoms with Crippen LogP contribution >= 0.6 is 113 Å². The summed E-state index contributed by atoms with van der Waals surface area (Å²) >= 11 is 10.4. The van der Waals surface area contributed by atoms with Crippen molar-refractivity contribution in [2.75, 3.05) is 0 Å². The predicted molar refractivity (Wildman–Crippen MR) is 210 cm³/mol. The first-order valence-corrected chi connectivity index (χ1v) is 18.2. The number of ether oxygens (including phenoxy) is 2. The molecular formula is C30H23I5N2O8. The fourth-order valence-corrected chi connectivity index (χ4v) is 9.04. The largest absolute Gasteiger partial charge is 0.507 e. The van der Waals surface area contributed by atoms with Crippen LogP contribution in [0.3, 0.4) is 0 Å². The fraction of sp³-hybridized carbons (Fsp3) is 0.133. The van der Waals surface area contributed by atoms with E-state index in [1.54, 1.807) is 24.3 Å². The molecule has 2 atom stereocenters. The number of hydrogen-bond donors (Lipinski definition) is 6. The third-order valence-electron chi connectivity index (χ3n) is 6.40. The molecule has 10 nitrogen and oxygen atoms in total. The number of halogens is 5. The molecule has 45 heavy (non-hydrogen) atoms. The zero-order valence-corrected chi connectivity index (χ0v) is 33.5. The number of phenolic OH excluding ortho intramolecular Hbond substituents is 2. The van der Waals surface area contributed by atoms with Crippen molar-refractivity contribution < 1.29 is 39.5 Å². The minimum absolute atomic E-state index is 0.0546. The van der Waals surface area contributed by atoms with E-state index >= 15 is 0 Å². The Morgan fingerprint density at radius 3 is 1.49 bits per heavy atom. The quantitative estimate of drug-likeness (QED) is 0.0835. The van der Waals surface area contributed by atoms with Crippen LogP contribution in [-0.4, -0.2) is 44.4 Å². The summed E-state index contributed by atoms with van der Waals surface area (Å²) in [6, 6.07) is 13.2. The monoisotopic (exact) mass is 1170 g/mol. The van der Waals surface area contributed by atoms with E-state index in [0.717, 1.165) is 25.4 Å². The maximum Gasteiger partial charge on any atom is 0.320 e. The van der Waals surface area contributed by atoms with Gasteiger partial charge in [-0.05, 0) is 192 Å². The van der Waals surface area contributed by atoms with E-state index < -0.39 is 24.0 Å². The second-order valence-corrected chi connectivity index (χ2v) is 15.6. The van der Waals surface area contributed by atoms with Gasteiger partial charge in [0.05, 0.1) is 17.9 Å². The van der Waals surface area contributed by atoms with E-state index in [-0.39, 0.29) is 24.3 Å². The molecule has 4 aromatic rings. The van der Waals surface area contributed by atoms with Gasteiger partial charge in [0.1, 0.15) is 35.1 Å².